The topological polar surface area (TPSA) is 115 Å². The Bertz CT molecular complexity index is 1650. The summed E-state index contributed by atoms with van der Waals surface area (Å²) in [5.41, 5.74) is 3.39. The minimum atomic E-state index is -0.973. The Labute approximate surface area is 237 Å². The second-order valence-corrected chi connectivity index (χ2v) is 10.5. The van der Waals surface area contributed by atoms with E-state index in [0.29, 0.717) is 31.0 Å². The fraction of sp³-hybridized carbons (Fsp3) is 0.219. The molecular formula is C32H30N6O3. The number of carbonyl (C=O) groups excluding carboxylic acids is 1. The van der Waals surface area contributed by atoms with E-state index in [-0.39, 0.29) is 23.8 Å². The van der Waals surface area contributed by atoms with Gasteiger partial charge < -0.3 is 14.9 Å². The third-order valence-electron chi connectivity index (χ3n) is 8.11. The highest BCUT2D eigenvalue weighted by Crippen LogP contribution is 2.37. The summed E-state index contributed by atoms with van der Waals surface area (Å²) in [5.74, 6) is 0.300. The molecule has 3 atom stereocenters. The van der Waals surface area contributed by atoms with E-state index in [2.05, 4.69) is 32.8 Å². The van der Waals surface area contributed by atoms with Crippen LogP contribution in [-0.4, -0.2) is 67.2 Å². The van der Waals surface area contributed by atoms with Crippen LogP contribution in [0.2, 0.25) is 0 Å². The van der Waals surface area contributed by atoms with Gasteiger partial charge in [-0.25, -0.2) is 4.79 Å². The molecule has 2 heterocycles. The van der Waals surface area contributed by atoms with Gasteiger partial charge in [-0.3, -0.25) is 4.79 Å². The van der Waals surface area contributed by atoms with Crippen molar-refractivity contribution in [3.63, 3.8) is 0 Å². The van der Waals surface area contributed by atoms with Crippen molar-refractivity contribution in [1.82, 2.24) is 30.4 Å². The first kappa shape index (κ1) is 26.2. The Morgan fingerprint density at radius 2 is 1.68 bits per heavy atom. The molecule has 9 nitrogen and oxygen atoms in total. The Morgan fingerprint density at radius 1 is 0.951 bits per heavy atom. The molecule has 4 aromatic carbocycles. The van der Waals surface area contributed by atoms with E-state index in [1.54, 1.807) is 24.3 Å². The smallest absolute Gasteiger partial charge is 0.407 e. The minimum Gasteiger partial charge on any atom is -0.465 e. The van der Waals surface area contributed by atoms with Gasteiger partial charge in [0.2, 0.25) is 5.82 Å². The molecule has 206 valence electrons. The first-order valence-corrected chi connectivity index (χ1v) is 13.6. The van der Waals surface area contributed by atoms with Gasteiger partial charge in [-0.2, -0.15) is 5.21 Å². The van der Waals surface area contributed by atoms with Gasteiger partial charge in [0, 0.05) is 42.6 Å². The van der Waals surface area contributed by atoms with Crippen molar-refractivity contribution in [1.29, 1.82) is 0 Å². The second-order valence-electron chi connectivity index (χ2n) is 10.5. The van der Waals surface area contributed by atoms with Crippen LogP contribution in [0.15, 0.2) is 97.1 Å². The van der Waals surface area contributed by atoms with Crippen molar-refractivity contribution >= 4 is 22.8 Å². The summed E-state index contributed by atoms with van der Waals surface area (Å²) in [7, 11) is 0. The maximum absolute atomic E-state index is 13.6. The van der Waals surface area contributed by atoms with Crippen molar-refractivity contribution in [2.75, 3.05) is 19.6 Å². The maximum Gasteiger partial charge on any atom is 0.407 e. The van der Waals surface area contributed by atoms with E-state index in [1.807, 2.05) is 72.5 Å². The van der Waals surface area contributed by atoms with Gasteiger partial charge in [-0.15, -0.1) is 10.2 Å². The number of nitrogens with zero attached hydrogens (tertiary/aromatic N) is 5. The Hall–Kier alpha value is -5.05. The average molecular weight is 547 g/mol. The average Bonchev–Trinajstić information content (AvgIpc) is 3.70. The quantitative estimate of drug-likeness (QED) is 0.274. The molecule has 0 saturated carbocycles. The molecule has 0 bridgehead atoms. The van der Waals surface area contributed by atoms with Gasteiger partial charge in [0.25, 0.3) is 5.91 Å². The summed E-state index contributed by atoms with van der Waals surface area (Å²) in [6.07, 6.45) is -0.973. The number of tetrazole rings is 1. The number of benzene rings is 4. The molecule has 2 N–H and O–H groups in total. The van der Waals surface area contributed by atoms with Crippen LogP contribution in [0.25, 0.3) is 22.2 Å². The number of hydrogen-bond acceptors (Lipinski definition) is 5. The summed E-state index contributed by atoms with van der Waals surface area (Å²) < 4.78 is 0. The van der Waals surface area contributed by atoms with Crippen molar-refractivity contribution in [2.45, 2.75) is 18.9 Å². The van der Waals surface area contributed by atoms with Crippen LogP contribution in [0.3, 0.4) is 0 Å². The number of nitrogens with one attached hydrogen (secondary N) is 1. The number of carboxylic acid groups (broad SMARTS) is 1. The lowest BCUT2D eigenvalue weighted by atomic mass is 9.88. The van der Waals surface area contributed by atoms with Crippen LogP contribution in [0.5, 0.6) is 0 Å². The van der Waals surface area contributed by atoms with Gasteiger partial charge in [0.1, 0.15) is 0 Å². The Balaban J connectivity index is 1.27. The molecule has 0 radical (unpaired) electrons. The molecular weight excluding hydrogens is 516 g/mol. The molecule has 41 heavy (non-hydrogen) atoms. The monoisotopic (exact) mass is 546 g/mol. The van der Waals surface area contributed by atoms with Gasteiger partial charge in [0.15, 0.2) is 0 Å². The Morgan fingerprint density at radius 3 is 2.41 bits per heavy atom. The van der Waals surface area contributed by atoms with Crippen LogP contribution in [-0.2, 0) is 0 Å². The lowest BCUT2D eigenvalue weighted by Crippen LogP contribution is -2.38. The molecule has 9 heteroatoms. The third-order valence-corrected chi connectivity index (χ3v) is 8.11. The fourth-order valence-corrected chi connectivity index (χ4v) is 5.97. The SMILES string of the molecule is C[C@H](c1cccc2ccccc12)N(C[C@H]1CN(C(=O)c2ccc(-c3nn[nH]n3)cc2)C[C@@H]1c1ccccc1)C(=O)O. The van der Waals surface area contributed by atoms with E-state index >= 15 is 0 Å². The van der Waals surface area contributed by atoms with Crippen molar-refractivity contribution in [2.24, 2.45) is 5.92 Å². The number of likely N-dealkylation sites (tertiary alicyclic amines) is 1. The summed E-state index contributed by atoms with van der Waals surface area (Å²) in [6, 6.07) is 30.9. The molecule has 1 aromatic heterocycles. The standard InChI is InChI=1S/C32H30N6O3/c1-21(27-13-7-11-22-10-5-6-12-28(22)27)38(32(40)41)19-26-18-37(20-29(26)23-8-3-2-4-9-23)31(39)25-16-14-24(15-17-25)30-33-35-36-34-30/h2-17,21,26,29H,18-20H2,1H3,(H,40,41)(H,33,34,35,36)/t21-,26-,29-/m1/s1. The molecule has 2 amide bonds. The maximum atomic E-state index is 13.6. The first-order valence-electron chi connectivity index (χ1n) is 13.6. The van der Waals surface area contributed by atoms with Gasteiger partial charge in [-0.1, -0.05) is 84.9 Å². The van der Waals surface area contributed by atoms with Gasteiger partial charge >= 0.3 is 6.09 Å². The third kappa shape index (κ3) is 5.26. The van der Waals surface area contributed by atoms with Crippen molar-refractivity contribution in [3.8, 4) is 11.4 Å². The van der Waals surface area contributed by atoms with E-state index in [0.717, 1.165) is 27.5 Å². The number of aromatic amines is 1. The highest BCUT2D eigenvalue weighted by Gasteiger charge is 2.39. The van der Waals surface area contributed by atoms with Crippen LogP contribution in [0.4, 0.5) is 4.79 Å². The summed E-state index contributed by atoms with van der Waals surface area (Å²) in [5, 5.41) is 26.5. The zero-order valence-corrected chi connectivity index (χ0v) is 22.6. The Kier molecular flexibility index (Phi) is 7.16. The number of aromatic nitrogens is 4. The zero-order valence-electron chi connectivity index (χ0n) is 22.6. The first-order chi connectivity index (χ1) is 20.0. The molecule has 1 fully saturated rings. The lowest BCUT2D eigenvalue weighted by molar-refractivity contribution is 0.0780. The van der Waals surface area contributed by atoms with Crippen LogP contribution < -0.4 is 0 Å². The molecule has 5 aromatic rings. The number of fused-ring (bicyclic) bond motifs is 1. The van der Waals surface area contributed by atoms with Crippen LogP contribution in [0, 0.1) is 5.92 Å². The van der Waals surface area contributed by atoms with E-state index in [4.69, 9.17) is 0 Å². The fourth-order valence-electron chi connectivity index (χ4n) is 5.97. The van der Waals surface area contributed by atoms with E-state index in [9.17, 15) is 14.7 Å². The summed E-state index contributed by atoms with van der Waals surface area (Å²) in [4.78, 5) is 29.7. The van der Waals surface area contributed by atoms with E-state index in [1.165, 1.54) is 4.90 Å². The largest absolute Gasteiger partial charge is 0.465 e. The van der Waals surface area contributed by atoms with Crippen LogP contribution in [0.1, 0.15) is 40.4 Å². The van der Waals surface area contributed by atoms with Crippen molar-refractivity contribution in [3.05, 3.63) is 114 Å². The van der Waals surface area contributed by atoms with Gasteiger partial charge in [-0.05, 0) is 46.2 Å². The number of hydrogen-bond donors (Lipinski definition) is 2. The highest BCUT2D eigenvalue weighted by atomic mass is 16.4. The van der Waals surface area contributed by atoms with Crippen molar-refractivity contribution < 1.29 is 14.7 Å². The number of rotatable bonds is 7. The normalized spacial score (nSPS) is 17.4. The molecule has 1 saturated heterocycles. The number of H-pyrrole nitrogens is 1. The predicted molar refractivity (Wildman–Crippen MR) is 155 cm³/mol. The molecule has 0 aliphatic carbocycles. The molecule has 6 rings (SSSR count). The van der Waals surface area contributed by atoms with Crippen LogP contribution >= 0.6 is 0 Å². The highest BCUT2D eigenvalue weighted by molar-refractivity contribution is 5.95. The minimum absolute atomic E-state index is 0.000297. The molecule has 1 aliphatic heterocycles. The number of carbonyl (C=O) groups is 2. The van der Waals surface area contributed by atoms with E-state index < -0.39 is 6.09 Å². The predicted octanol–water partition coefficient (Wildman–Crippen LogP) is 5.62. The molecule has 0 unspecified atom stereocenters. The molecule has 0 spiro atoms. The zero-order chi connectivity index (χ0) is 28.3. The second kappa shape index (κ2) is 11.2. The summed E-state index contributed by atoms with van der Waals surface area (Å²) in [6.45, 7) is 3.21. The van der Waals surface area contributed by atoms with Gasteiger partial charge in [0.05, 0.1) is 6.04 Å². The number of amides is 2. The lowest BCUT2D eigenvalue weighted by Gasteiger charge is -2.31. The summed E-state index contributed by atoms with van der Waals surface area (Å²) >= 11 is 0. The molecule has 1 aliphatic rings.